The molecule has 0 amide bonds. The summed E-state index contributed by atoms with van der Waals surface area (Å²) in [5, 5.41) is 4.13. The van der Waals surface area contributed by atoms with E-state index in [4.69, 9.17) is 11.6 Å². The molecule has 2 nitrogen and oxygen atoms in total. The van der Waals surface area contributed by atoms with Crippen molar-refractivity contribution >= 4 is 17.3 Å². The van der Waals surface area contributed by atoms with Crippen LogP contribution in [0.4, 0.5) is 5.69 Å². The lowest BCUT2D eigenvalue weighted by atomic mass is 9.80. The summed E-state index contributed by atoms with van der Waals surface area (Å²) in [6.45, 7) is 4.66. The Morgan fingerprint density at radius 2 is 2.19 bits per heavy atom. The maximum Gasteiger partial charge on any atom is 0.131 e. The predicted octanol–water partition coefficient (Wildman–Crippen LogP) is 3.97. The molecule has 1 saturated carbocycles. The monoisotopic (exact) mass is 238 g/mol. The molecule has 1 aliphatic rings. The van der Waals surface area contributed by atoms with Gasteiger partial charge in [0.2, 0.25) is 0 Å². The lowest BCUT2D eigenvalue weighted by molar-refractivity contribution is 0.280. The van der Waals surface area contributed by atoms with Crippen molar-refractivity contribution in [2.24, 2.45) is 11.8 Å². The van der Waals surface area contributed by atoms with Crippen molar-refractivity contribution in [2.75, 3.05) is 5.32 Å². The van der Waals surface area contributed by atoms with E-state index >= 15 is 0 Å². The molecule has 0 spiro atoms. The average molecular weight is 239 g/mol. The lowest BCUT2D eigenvalue weighted by Crippen LogP contribution is -2.33. The summed E-state index contributed by atoms with van der Waals surface area (Å²) in [4.78, 5) is 3.99. The van der Waals surface area contributed by atoms with Crippen LogP contribution in [-0.2, 0) is 0 Å². The summed E-state index contributed by atoms with van der Waals surface area (Å²) < 4.78 is 0. The van der Waals surface area contributed by atoms with Crippen LogP contribution < -0.4 is 5.32 Å². The van der Waals surface area contributed by atoms with Crippen LogP contribution in [0.15, 0.2) is 18.3 Å². The molecule has 1 fully saturated rings. The van der Waals surface area contributed by atoms with E-state index in [0.717, 1.165) is 17.5 Å². The SMILES string of the molecule is CC1CCC(C)C(Nc2ccnc(Cl)c2)C1. The van der Waals surface area contributed by atoms with E-state index in [1.54, 1.807) is 6.20 Å². The van der Waals surface area contributed by atoms with Gasteiger partial charge in [-0.2, -0.15) is 0 Å². The van der Waals surface area contributed by atoms with Gasteiger partial charge in [-0.1, -0.05) is 31.9 Å². The minimum absolute atomic E-state index is 0.557. The molecule has 0 aliphatic heterocycles. The Morgan fingerprint density at radius 1 is 1.38 bits per heavy atom. The van der Waals surface area contributed by atoms with Crippen molar-refractivity contribution in [1.29, 1.82) is 0 Å². The Kier molecular flexibility index (Phi) is 3.70. The molecule has 16 heavy (non-hydrogen) atoms. The molecule has 1 aromatic heterocycles. The summed E-state index contributed by atoms with van der Waals surface area (Å²) in [6.07, 6.45) is 5.68. The van der Waals surface area contributed by atoms with Gasteiger partial charge in [0.15, 0.2) is 0 Å². The summed E-state index contributed by atoms with van der Waals surface area (Å²) in [5.41, 5.74) is 1.09. The molecule has 0 bridgehead atoms. The molecule has 1 N–H and O–H groups in total. The zero-order valence-corrected chi connectivity index (χ0v) is 10.7. The van der Waals surface area contributed by atoms with E-state index < -0.39 is 0 Å². The summed E-state index contributed by atoms with van der Waals surface area (Å²) in [5.74, 6) is 1.56. The number of halogens is 1. The summed E-state index contributed by atoms with van der Waals surface area (Å²) in [7, 11) is 0. The van der Waals surface area contributed by atoms with Gasteiger partial charge < -0.3 is 5.32 Å². The van der Waals surface area contributed by atoms with Crippen molar-refractivity contribution in [3.05, 3.63) is 23.5 Å². The fourth-order valence-electron chi connectivity index (χ4n) is 2.44. The molecule has 1 aliphatic carbocycles. The van der Waals surface area contributed by atoms with Crippen LogP contribution in [-0.4, -0.2) is 11.0 Å². The first-order chi connectivity index (χ1) is 7.65. The number of nitrogens with one attached hydrogen (secondary N) is 1. The third-order valence-electron chi connectivity index (χ3n) is 3.54. The second kappa shape index (κ2) is 5.05. The summed E-state index contributed by atoms with van der Waals surface area (Å²) in [6, 6.07) is 4.45. The highest BCUT2D eigenvalue weighted by Gasteiger charge is 2.25. The molecule has 0 aromatic carbocycles. The van der Waals surface area contributed by atoms with Gasteiger partial charge in [0.05, 0.1) is 0 Å². The number of pyridine rings is 1. The maximum atomic E-state index is 5.88. The number of hydrogen-bond donors (Lipinski definition) is 1. The smallest absolute Gasteiger partial charge is 0.131 e. The van der Waals surface area contributed by atoms with Crippen molar-refractivity contribution in [3.63, 3.8) is 0 Å². The molecule has 3 atom stereocenters. The Balaban J connectivity index is 2.02. The van der Waals surface area contributed by atoms with Gasteiger partial charge >= 0.3 is 0 Å². The molecular formula is C13H19ClN2. The molecule has 0 saturated heterocycles. The Labute approximate surface area is 102 Å². The van der Waals surface area contributed by atoms with Crippen LogP contribution in [0.1, 0.15) is 33.1 Å². The Hall–Kier alpha value is -0.760. The standard InChI is InChI=1S/C13H19ClN2/c1-9-3-4-10(2)12(7-9)16-11-5-6-15-13(14)8-11/h5-6,8-10,12H,3-4,7H2,1-2H3,(H,15,16). The highest BCUT2D eigenvalue weighted by Crippen LogP contribution is 2.30. The number of anilines is 1. The zero-order chi connectivity index (χ0) is 11.5. The molecule has 0 radical (unpaired) electrons. The van der Waals surface area contributed by atoms with Gasteiger partial charge in [-0.15, -0.1) is 0 Å². The highest BCUT2D eigenvalue weighted by molar-refractivity contribution is 6.29. The number of hydrogen-bond acceptors (Lipinski definition) is 2. The average Bonchev–Trinajstić information content (AvgIpc) is 2.24. The zero-order valence-electron chi connectivity index (χ0n) is 9.91. The van der Waals surface area contributed by atoms with E-state index in [0.29, 0.717) is 11.2 Å². The molecular weight excluding hydrogens is 220 g/mol. The van der Waals surface area contributed by atoms with Crippen LogP contribution in [0, 0.1) is 11.8 Å². The molecule has 1 heterocycles. The van der Waals surface area contributed by atoms with Crippen LogP contribution >= 0.6 is 11.6 Å². The first-order valence-electron chi connectivity index (χ1n) is 6.03. The first-order valence-corrected chi connectivity index (χ1v) is 6.41. The van der Waals surface area contributed by atoms with Gasteiger partial charge in [-0.05, 0) is 36.8 Å². The van der Waals surface area contributed by atoms with Crippen molar-refractivity contribution in [3.8, 4) is 0 Å². The topological polar surface area (TPSA) is 24.9 Å². The van der Waals surface area contributed by atoms with Crippen molar-refractivity contribution in [2.45, 2.75) is 39.2 Å². The van der Waals surface area contributed by atoms with Gasteiger partial charge in [0, 0.05) is 17.9 Å². The minimum atomic E-state index is 0.557. The Morgan fingerprint density at radius 3 is 2.94 bits per heavy atom. The molecule has 3 unspecified atom stereocenters. The van der Waals surface area contributed by atoms with Gasteiger partial charge in [0.25, 0.3) is 0 Å². The van der Waals surface area contributed by atoms with Crippen molar-refractivity contribution in [1.82, 2.24) is 4.98 Å². The second-order valence-electron chi connectivity index (χ2n) is 5.01. The van der Waals surface area contributed by atoms with E-state index in [2.05, 4.69) is 24.1 Å². The first kappa shape index (κ1) is 11.7. The number of aromatic nitrogens is 1. The lowest BCUT2D eigenvalue weighted by Gasteiger charge is -2.34. The van der Waals surface area contributed by atoms with E-state index in [1.807, 2.05) is 12.1 Å². The highest BCUT2D eigenvalue weighted by atomic mass is 35.5. The third-order valence-corrected chi connectivity index (χ3v) is 3.74. The van der Waals surface area contributed by atoms with Crippen LogP contribution in [0.25, 0.3) is 0 Å². The minimum Gasteiger partial charge on any atom is -0.382 e. The maximum absolute atomic E-state index is 5.88. The van der Waals surface area contributed by atoms with Crippen LogP contribution in [0.5, 0.6) is 0 Å². The van der Waals surface area contributed by atoms with Crippen LogP contribution in [0.3, 0.4) is 0 Å². The largest absolute Gasteiger partial charge is 0.382 e. The van der Waals surface area contributed by atoms with Gasteiger partial charge in [-0.25, -0.2) is 4.98 Å². The van der Waals surface area contributed by atoms with Gasteiger partial charge in [0.1, 0.15) is 5.15 Å². The fourth-order valence-corrected chi connectivity index (χ4v) is 2.61. The fraction of sp³-hybridized carbons (Fsp3) is 0.615. The predicted molar refractivity (Wildman–Crippen MR) is 68.8 cm³/mol. The van der Waals surface area contributed by atoms with E-state index in [1.165, 1.54) is 19.3 Å². The number of nitrogens with zero attached hydrogens (tertiary/aromatic N) is 1. The molecule has 2 rings (SSSR count). The molecule has 88 valence electrons. The molecule has 3 heteroatoms. The van der Waals surface area contributed by atoms with Crippen LogP contribution in [0.2, 0.25) is 5.15 Å². The van der Waals surface area contributed by atoms with Crippen molar-refractivity contribution < 1.29 is 0 Å². The van der Waals surface area contributed by atoms with E-state index in [9.17, 15) is 0 Å². The Bertz CT molecular complexity index is 354. The third kappa shape index (κ3) is 2.88. The van der Waals surface area contributed by atoms with Gasteiger partial charge in [-0.3, -0.25) is 0 Å². The normalized spacial score (nSPS) is 30.1. The molecule has 1 aromatic rings. The number of rotatable bonds is 2. The second-order valence-corrected chi connectivity index (χ2v) is 5.40. The van der Waals surface area contributed by atoms with E-state index in [-0.39, 0.29) is 0 Å². The summed E-state index contributed by atoms with van der Waals surface area (Å²) >= 11 is 5.88. The quantitative estimate of drug-likeness (QED) is 0.789.